The number of nitrogens with one attached hydrogen (secondary N) is 2. The Morgan fingerprint density at radius 3 is 1.11 bits per heavy atom. The number of aromatic nitrogens is 4. The molecular weight excluding hydrogens is 634 g/mol. The molecule has 234 valence electrons. The minimum atomic E-state index is -6.70. The van der Waals surface area contributed by atoms with Gasteiger partial charge in [0.15, 0.2) is 0 Å². The molecule has 0 saturated carbocycles. The van der Waals surface area contributed by atoms with Gasteiger partial charge in [-0.2, -0.15) is 61.5 Å². The fourth-order valence-corrected chi connectivity index (χ4v) is 4.40. The second-order valence-electron chi connectivity index (χ2n) is 9.50. The molecule has 0 amide bonds. The molecule has 3 aromatic heterocycles. The lowest BCUT2D eigenvalue weighted by molar-refractivity contribution is -0.359. The van der Waals surface area contributed by atoms with Crippen LogP contribution in [0.5, 0.6) is 0 Å². The minimum Gasteiger partial charge on any atom is -0.355 e. The van der Waals surface area contributed by atoms with E-state index in [9.17, 15) is 43.9 Å². The van der Waals surface area contributed by atoms with E-state index in [1.807, 2.05) is 0 Å². The zero-order valence-corrected chi connectivity index (χ0v) is 21.0. The van der Waals surface area contributed by atoms with E-state index < -0.39 is 81.0 Å². The Bertz CT molecular complexity index is 1720. The maximum Gasteiger partial charge on any atom is 0.460 e. The first kappa shape index (κ1) is 31.1. The number of nitrogens with zero attached hydrogens (tertiary/aromatic N) is 2. The van der Waals surface area contributed by atoms with Gasteiger partial charge in [-0.15, -0.1) is 0 Å². The predicted octanol–water partition coefficient (Wildman–Crippen LogP) is 9.23. The summed E-state index contributed by atoms with van der Waals surface area (Å²) in [6.45, 7) is 0. The third-order valence-electron chi connectivity index (χ3n) is 6.53. The van der Waals surface area contributed by atoms with Gasteiger partial charge in [-0.25, -0.2) is 9.97 Å². The predicted molar refractivity (Wildman–Crippen MR) is 129 cm³/mol. The maximum atomic E-state index is 15.1. The molecule has 5 rings (SSSR count). The fourth-order valence-electron chi connectivity index (χ4n) is 4.40. The third-order valence-corrected chi connectivity index (χ3v) is 6.53. The average Bonchev–Trinajstić information content (AvgIpc) is 3.68. The highest BCUT2D eigenvalue weighted by atomic mass is 19.4. The van der Waals surface area contributed by atoms with Gasteiger partial charge in [-0.05, 0) is 60.7 Å². The van der Waals surface area contributed by atoms with Gasteiger partial charge in [0.1, 0.15) is 0 Å². The molecule has 0 aromatic carbocycles. The van der Waals surface area contributed by atoms with E-state index in [2.05, 4.69) is 19.9 Å². The molecule has 4 nitrogen and oxygen atoms in total. The van der Waals surface area contributed by atoms with E-state index >= 15 is 17.6 Å². The number of fused-ring (bicyclic) bond motifs is 8. The quantitative estimate of drug-likeness (QED) is 0.191. The minimum absolute atomic E-state index is 0.338. The number of alkyl halides is 14. The van der Waals surface area contributed by atoms with E-state index in [0.29, 0.717) is 24.3 Å². The molecular formula is C26H12F14N4. The Labute approximate surface area is 234 Å². The van der Waals surface area contributed by atoms with Crippen LogP contribution >= 0.6 is 0 Å². The molecule has 2 aliphatic heterocycles. The highest BCUT2D eigenvalue weighted by Gasteiger charge is 2.75. The standard InChI is InChI=1S/C26H12F14N4/c27-21(28,23(31,32)25(35,36)37)19-15-5-1-11(41-15)9-12-2-6-17(42-12)20(22(29,30)24(33,34)26(38,39)40)18-8-4-14(44-18)10-13-3-7-16(19)43-13/h1-10,41,44H. The van der Waals surface area contributed by atoms with Crippen LogP contribution in [0.25, 0.3) is 46.4 Å². The lowest BCUT2D eigenvalue weighted by Crippen LogP contribution is -2.50. The van der Waals surface area contributed by atoms with Gasteiger partial charge in [0.25, 0.3) is 0 Å². The Morgan fingerprint density at radius 1 is 0.455 bits per heavy atom. The van der Waals surface area contributed by atoms with Crippen molar-refractivity contribution in [2.45, 2.75) is 36.0 Å². The van der Waals surface area contributed by atoms with Crippen molar-refractivity contribution in [1.29, 1.82) is 0 Å². The number of halogens is 14. The van der Waals surface area contributed by atoms with Gasteiger partial charge in [0.2, 0.25) is 0 Å². The maximum absolute atomic E-state index is 15.1. The first-order chi connectivity index (χ1) is 20.1. The van der Waals surface area contributed by atoms with E-state index in [4.69, 9.17) is 0 Å². The highest BCUT2D eigenvalue weighted by Crippen LogP contribution is 2.54. The van der Waals surface area contributed by atoms with Crippen LogP contribution in [-0.2, 0) is 11.8 Å². The topological polar surface area (TPSA) is 57.4 Å². The molecule has 2 N–H and O–H groups in total. The zero-order chi connectivity index (χ0) is 32.7. The van der Waals surface area contributed by atoms with Gasteiger partial charge in [-0.3, -0.25) is 0 Å². The van der Waals surface area contributed by atoms with Crippen LogP contribution in [0.4, 0.5) is 61.5 Å². The number of H-pyrrole nitrogens is 2. The van der Waals surface area contributed by atoms with Crippen molar-refractivity contribution in [2.24, 2.45) is 0 Å². The van der Waals surface area contributed by atoms with E-state index in [1.165, 1.54) is 0 Å². The van der Waals surface area contributed by atoms with Crippen LogP contribution in [0, 0.1) is 0 Å². The Balaban J connectivity index is 1.89. The summed E-state index contributed by atoms with van der Waals surface area (Å²) in [7, 11) is 0. The molecule has 0 saturated heterocycles. The lowest BCUT2D eigenvalue weighted by atomic mass is 10.00. The monoisotopic (exact) mass is 646 g/mol. The molecule has 2 aliphatic rings. The van der Waals surface area contributed by atoms with Crippen molar-refractivity contribution >= 4 is 46.4 Å². The van der Waals surface area contributed by atoms with Crippen LogP contribution in [-0.4, -0.2) is 44.1 Å². The van der Waals surface area contributed by atoms with Crippen molar-refractivity contribution in [3.8, 4) is 0 Å². The molecule has 0 aliphatic carbocycles. The summed E-state index contributed by atoms with van der Waals surface area (Å²) >= 11 is 0. The molecule has 44 heavy (non-hydrogen) atoms. The summed E-state index contributed by atoms with van der Waals surface area (Å²) in [5, 5.41) is 0. The average molecular weight is 646 g/mol. The van der Waals surface area contributed by atoms with Gasteiger partial charge in [-0.1, -0.05) is 0 Å². The molecule has 0 unspecified atom stereocenters. The molecule has 0 fully saturated rings. The SMILES string of the molecule is FC(F)(F)C(F)(F)C(F)(F)c1c2nc(cc3ccc([nH]3)c(C(F)(F)C(F)(F)C(F)(F)F)c3nc(cc4ccc1[nH]4)C=C3)C=C2. The van der Waals surface area contributed by atoms with Gasteiger partial charge >= 0.3 is 36.0 Å². The van der Waals surface area contributed by atoms with Crippen molar-refractivity contribution in [2.75, 3.05) is 0 Å². The zero-order valence-electron chi connectivity index (χ0n) is 21.0. The molecule has 18 heteroatoms. The normalized spacial score (nSPS) is 14.9. The summed E-state index contributed by atoms with van der Waals surface area (Å²) in [5.74, 6) is -25.0. The Kier molecular flexibility index (Phi) is 6.75. The Hall–Kier alpha value is -4.38. The molecule has 5 heterocycles. The summed E-state index contributed by atoms with van der Waals surface area (Å²) in [6, 6.07) is 4.88. The van der Waals surface area contributed by atoms with E-state index in [-0.39, 0.29) is 11.0 Å². The van der Waals surface area contributed by atoms with E-state index in [1.54, 1.807) is 0 Å². The number of rotatable bonds is 4. The van der Waals surface area contributed by atoms with Gasteiger partial charge in [0.05, 0.1) is 44.9 Å². The summed E-state index contributed by atoms with van der Waals surface area (Å²) < 4.78 is 195. The van der Waals surface area contributed by atoms with Crippen molar-refractivity contribution < 1.29 is 61.5 Å². The summed E-state index contributed by atoms with van der Waals surface area (Å²) in [6.07, 6.45) is -10.3. The largest absolute Gasteiger partial charge is 0.460 e. The number of hydrogen-bond donors (Lipinski definition) is 2. The van der Waals surface area contributed by atoms with Crippen LogP contribution < -0.4 is 0 Å². The molecule has 3 aromatic rings. The van der Waals surface area contributed by atoms with Gasteiger partial charge in [0, 0.05) is 11.0 Å². The first-order valence-electron chi connectivity index (χ1n) is 11.8. The molecule has 0 radical (unpaired) electrons. The molecule has 0 atom stereocenters. The van der Waals surface area contributed by atoms with Crippen LogP contribution in [0.3, 0.4) is 0 Å². The lowest BCUT2D eigenvalue weighted by Gasteiger charge is -2.28. The summed E-state index contributed by atoms with van der Waals surface area (Å²) in [4.78, 5) is 11.6. The highest BCUT2D eigenvalue weighted by molar-refractivity contribution is 5.81. The molecule has 8 bridgehead atoms. The third kappa shape index (κ3) is 4.70. The Morgan fingerprint density at radius 2 is 0.795 bits per heavy atom. The smallest absolute Gasteiger partial charge is 0.355 e. The fraction of sp³-hybridized carbons (Fsp3) is 0.231. The summed E-state index contributed by atoms with van der Waals surface area (Å²) in [5.41, 5.74) is -9.32. The van der Waals surface area contributed by atoms with Crippen LogP contribution in [0.15, 0.2) is 36.4 Å². The van der Waals surface area contributed by atoms with Gasteiger partial charge < -0.3 is 9.97 Å². The van der Waals surface area contributed by atoms with Crippen molar-refractivity contribution in [1.82, 2.24) is 19.9 Å². The van der Waals surface area contributed by atoms with Crippen molar-refractivity contribution in [3.63, 3.8) is 0 Å². The first-order valence-corrected chi connectivity index (χ1v) is 11.8. The van der Waals surface area contributed by atoms with Crippen LogP contribution in [0.1, 0.15) is 33.9 Å². The second kappa shape index (κ2) is 9.56. The van der Waals surface area contributed by atoms with Crippen LogP contribution in [0.2, 0.25) is 0 Å². The van der Waals surface area contributed by atoms with E-state index in [0.717, 1.165) is 36.4 Å². The number of aromatic amines is 2. The number of hydrogen-bond acceptors (Lipinski definition) is 2. The molecule has 0 spiro atoms. The van der Waals surface area contributed by atoms with Crippen molar-refractivity contribution in [3.05, 3.63) is 70.3 Å². The second-order valence-corrected chi connectivity index (χ2v) is 9.50.